The van der Waals surface area contributed by atoms with Crippen LogP contribution in [0.1, 0.15) is 24.8 Å². The average molecular weight is 435 g/mol. The number of nitrogens with zero attached hydrogens (tertiary/aromatic N) is 1. The molecular formula is C22H27FN2O4S. The number of methoxy groups -OCH3 is 1. The van der Waals surface area contributed by atoms with Crippen molar-refractivity contribution in [3.63, 3.8) is 0 Å². The molecule has 0 aromatic heterocycles. The van der Waals surface area contributed by atoms with Gasteiger partial charge < -0.3 is 10.1 Å². The number of aryl methyl sites for hydroxylation is 1. The largest absolute Gasteiger partial charge is 0.497 e. The topological polar surface area (TPSA) is 75.7 Å². The van der Waals surface area contributed by atoms with Crippen LogP contribution in [0.2, 0.25) is 0 Å². The highest BCUT2D eigenvalue weighted by molar-refractivity contribution is 7.89. The van der Waals surface area contributed by atoms with Gasteiger partial charge in [-0.1, -0.05) is 12.1 Å². The van der Waals surface area contributed by atoms with Crippen LogP contribution in [0.4, 0.5) is 4.39 Å². The molecule has 1 amide bonds. The van der Waals surface area contributed by atoms with Gasteiger partial charge in [-0.05, 0) is 67.6 Å². The van der Waals surface area contributed by atoms with E-state index >= 15 is 0 Å². The van der Waals surface area contributed by atoms with Crippen LogP contribution in [0.5, 0.6) is 5.75 Å². The minimum absolute atomic E-state index is 0.0447. The maximum absolute atomic E-state index is 13.1. The van der Waals surface area contributed by atoms with Gasteiger partial charge in [-0.15, -0.1) is 0 Å². The number of hydrogen-bond acceptors (Lipinski definition) is 4. The third kappa shape index (κ3) is 5.58. The predicted molar refractivity (Wildman–Crippen MR) is 112 cm³/mol. The van der Waals surface area contributed by atoms with Crippen LogP contribution in [-0.2, 0) is 21.2 Å². The lowest BCUT2D eigenvalue weighted by Crippen LogP contribution is -2.45. The second-order valence-electron chi connectivity index (χ2n) is 7.40. The van der Waals surface area contributed by atoms with E-state index in [1.165, 1.54) is 16.4 Å². The average Bonchev–Trinajstić information content (AvgIpc) is 2.77. The molecule has 1 fully saturated rings. The van der Waals surface area contributed by atoms with E-state index in [0.29, 0.717) is 25.9 Å². The molecule has 162 valence electrons. The Morgan fingerprint density at radius 3 is 2.73 bits per heavy atom. The Morgan fingerprint density at radius 1 is 1.23 bits per heavy atom. The number of carbonyl (C=O) groups is 1. The Bertz CT molecular complexity index is 963. The van der Waals surface area contributed by atoms with Gasteiger partial charge >= 0.3 is 0 Å². The van der Waals surface area contributed by atoms with Gasteiger partial charge in [0.15, 0.2) is 0 Å². The Balaban J connectivity index is 1.50. The van der Waals surface area contributed by atoms with Gasteiger partial charge in [0.25, 0.3) is 0 Å². The molecule has 6 nitrogen and oxygen atoms in total. The van der Waals surface area contributed by atoms with Crippen LogP contribution >= 0.6 is 0 Å². The molecule has 0 aliphatic carbocycles. The van der Waals surface area contributed by atoms with E-state index in [2.05, 4.69) is 5.32 Å². The number of piperidine rings is 1. The number of rotatable bonds is 8. The van der Waals surface area contributed by atoms with Crippen molar-refractivity contribution >= 4 is 15.9 Å². The van der Waals surface area contributed by atoms with Gasteiger partial charge in [0.05, 0.1) is 17.9 Å². The summed E-state index contributed by atoms with van der Waals surface area (Å²) < 4.78 is 45.2. The van der Waals surface area contributed by atoms with Crippen LogP contribution in [0.15, 0.2) is 53.4 Å². The van der Waals surface area contributed by atoms with Crippen molar-refractivity contribution < 1.29 is 22.3 Å². The zero-order valence-electron chi connectivity index (χ0n) is 17.0. The quantitative estimate of drug-likeness (QED) is 0.648. The first-order valence-electron chi connectivity index (χ1n) is 10.1. The fraction of sp³-hybridized carbons (Fsp3) is 0.409. The van der Waals surface area contributed by atoms with E-state index in [1.807, 2.05) is 24.3 Å². The van der Waals surface area contributed by atoms with Gasteiger partial charge in [-0.25, -0.2) is 12.8 Å². The number of sulfonamides is 1. The van der Waals surface area contributed by atoms with Gasteiger partial charge in [0.2, 0.25) is 15.9 Å². The van der Waals surface area contributed by atoms with E-state index in [4.69, 9.17) is 4.74 Å². The SMILES string of the molecule is COc1cccc(CCCNC(=O)[C@H]2CCCN(S(=O)(=O)c3ccc(F)cc3)C2)c1. The highest BCUT2D eigenvalue weighted by Crippen LogP contribution is 2.24. The first kappa shape index (κ1) is 22.2. The number of carbonyl (C=O) groups excluding carboxylic acids is 1. The van der Waals surface area contributed by atoms with Gasteiger partial charge in [0, 0.05) is 19.6 Å². The third-order valence-corrected chi connectivity index (χ3v) is 7.16. The monoisotopic (exact) mass is 434 g/mol. The Morgan fingerprint density at radius 2 is 2.00 bits per heavy atom. The number of nitrogens with one attached hydrogen (secondary N) is 1. The lowest BCUT2D eigenvalue weighted by atomic mass is 9.99. The fourth-order valence-corrected chi connectivity index (χ4v) is 5.13. The molecular weight excluding hydrogens is 407 g/mol. The molecule has 0 saturated carbocycles. The molecule has 0 spiro atoms. The minimum atomic E-state index is -3.74. The maximum Gasteiger partial charge on any atom is 0.243 e. The Hall–Kier alpha value is -2.45. The fourth-order valence-electron chi connectivity index (χ4n) is 3.61. The molecule has 2 aromatic carbocycles. The standard InChI is InChI=1S/C22H27FN2O4S/c1-29-20-8-2-5-17(15-20)6-3-13-24-22(26)18-7-4-14-25(16-18)30(27,28)21-11-9-19(23)10-12-21/h2,5,8-12,15,18H,3-4,6-7,13-14,16H2,1H3,(H,24,26)/t18-/m0/s1. The van der Waals surface area contributed by atoms with Crippen molar-refractivity contribution in [2.75, 3.05) is 26.7 Å². The summed E-state index contributed by atoms with van der Waals surface area (Å²) in [5, 5.41) is 2.93. The van der Waals surface area contributed by atoms with Crippen LogP contribution in [0.25, 0.3) is 0 Å². The second-order valence-corrected chi connectivity index (χ2v) is 9.34. The van der Waals surface area contributed by atoms with Crippen molar-refractivity contribution in [3.05, 3.63) is 59.9 Å². The number of benzene rings is 2. The van der Waals surface area contributed by atoms with Crippen molar-refractivity contribution in [2.24, 2.45) is 5.92 Å². The highest BCUT2D eigenvalue weighted by atomic mass is 32.2. The van der Waals surface area contributed by atoms with Crippen LogP contribution < -0.4 is 10.1 Å². The van der Waals surface area contributed by atoms with E-state index in [-0.39, 0.29) is 23.3 Å². The molecule has 1 saturated heterocycles. The van der Waals surface area contributed by atoms with Gasteiger partial charge in [-0.3, -0.25) is 4.79 Å². The van der Waals surface area contributed by atoms with Crippen molar-refractivity contribution in [2.45, 2.75) is 30.6 Å². The van der Waals surface area contributed by atoms with E-state index in [9.17, 15) is 17.6 Å². The molecule has 1 N–H and O–H groups in total. The summed E-state index contributed by atoms with van der Waals surface area (Å²) in [5.41, 5.74) is 1.14. The molecule has 2 aromatic rings. The lowest BCUT2D eigenvalue weighted by molar-refractivity contribution is -0.126. The summed E-state index contributed by atoms with van der Waals surface area (Å²) >= 11 is 0. The lowest BCUT2D eigenvalue weighted by Gasteiger charge is -2.31. The number of halogens is 1. The van der Waals surface area contributed by atoms with E-state index in [0.717, 1.165) is 36.3 Å². The summed E-state index contributed by atoms with van der Waals surface area (Å²) in [6.45, 7) is 1.03. The molecule has 0 unspecified atom stereocenters. The molecule has 1 heterocycles. The van der Waals surface area contributed by atoms with E-state index < -0.39 is 15.8 Å². The zero-order chi connectivity index (χ0) is 21.6. The Labute approximate surface area is 177 Å². The van der Waals surface area contributed by atoms with E-state index in [1.54, 1.807) is 7.11 Å². The summed E-state index contributed by atoms with van der Waals surface area (Å²) in [6, 6.07) is 12.6. The smallest absolute Gasteiger partial charge is 0.243 e. The normalized spacial score (nSPS) is 17.5. The van der Waals surface area contributed by atoms with Crippen molar-refractivity contribution in [3.8, 4) is 5.75 Å². The predicted octanol–water partition coefficient (Wildman–Crippen LogP) is 2.98. The summed E-state index contributed by atoms with van der Waals surface area (Å²) in [4.78, 5) is 12.6. The van der Waals surface area contributed by atoms with Crippen LogP contribution in [0.3, 0.4) is 0 Å². The minimum Gasteiger partial charge on any atom is -0.497 e. The molecule has 1 atom stereocenters. The molecule has 30 heavy (non-hydrogen) atoms. The molecule has 0 radical (unpaired) electrons. The first-order chi connectivity index (χ1) is 14.4. The Kier molecular flexibility index (Phi) is 7.44. The summed E-state index contributed by atoms with van der Waals surface area (Å²) in [5.74, 6) is -0.189. The van der Waals surface area contributed by atoms with Gasteiger partial charge in [-0.2, -0.15) is 4.31 Å². The number of amides is 1. The summed E-state index contributed by atoms with van der Waals surface area (Å²) in [6.07, 6.45) is 2.86. The zero-order valence-corrected chi connectivity index (χ0v) is 17.8. The van der Waals surface area contributed by atoms with Crippen LogP contribution in [-0.4, -0.2) is 45.4 Å². The van der Waals surface area contributed by atoms with Gasteiger partial charge in [0.1, 0.15) is 11.6 Å². The summed E-state index contributed by atoms with van der Waals surface area (Å²) in [7, 11) is -2.11. The van der Waals surface area contributed by atoms with Crippen molar-refractivity contribution in [1.29, 1.82) is 0 Å². The molecule has 1 aliphatic heterocycles. The van der Waals surface area contributed by atoms with Crippen LogP contribution in [0, 0.1) is 11.7 Å². The first-order valence-corrected chi connectivity index (χ1v) is 11.5. The highest BCUT2D eigenvalue weighted by Gasteiger charge is 2.33. The number of hydrogen-bond donors (Lipinski definition) is 1. The van der Waals surface area contributed by atoms with Crippen molar-refractivity contribution in [1.82, 2.24) is 9.62 Å². The number of ether oxygens (including phenoxy) is 1. The molecule has 1 aliphatic rings. The molecule has 8 heteroatoms. The molecule has 0 bridgehead atoms. The maximum atomic E-state index is 13.1. The molecule has 3 rings (SSSR count). The third-order valence-electron chi connectivity index (χ3n) is 5.28. The second kappa shape index (κ2) is 10.0.